The van der Waals surface area contributed by atoms with Gasteiger partial charge in [0.25, 0.3) is 6.47 Å². The number of allylic oxidation sites excluding steroid dienone is 3. The summed E-state index contributed by atoms with van der Waals surface area (Å²) in [4.78, 5) is 25.7. The number of para-hydroxylation sites is 1. The molecule has 0 radical (unpaired) electrons. The maximum absolute atomic E-state index is 11.6. The molecule has 126 valence electrons. The lowest BCUT2D eigenvalue weighted by atomic mass is 9.99. The van der Waals surface area contributed by atoms with Crippen LogP contribution in [0.15, 0.2) is 53.6 Å². The molecule has 0 saturated heterocycles. The van der Waals surface area contributed by atoms with Crippen molar-refractivity contribution < 1.29 is 19.4 Å². The van der Waals surface area contributed by atoms with Crippen LogP contribution in [0, 0.1) is 5.92 Å². The zero-order chi connectivity index (χ0) is 17.2. The van der Waals surface area contributed by atoms with Gasteiger partial charge in [-0.15, -0.1) is 0 Å². The molecule has 1 aromatic carbocycles. The first-order chi connectivity index (χ1) is 11.7. The van der Waals surface area contributed by atoms with Crippen LogP contribution in [0.4, 0.5) is 5.69 Å². The van der Waals surface area contributed by atoms with Crippen molar-refractivity contribution in [1.82, 2.24) is 0 Å². The van der Waals surface area contributed by atoms with Gasteiger partial charge >= 0.3 is 0 Å². The van der Waals surface area contributed by atoms with Gasteiger partial charge in [0.1, 0.15) is 0 Å². The fourth-order valence-corrected chi connectivity index (χ4v) is 2.49. The Labute approximate surface area is 141 Å². The monoisotopic (exact) mass is 327 g/mol. The molecule has 0 amide bonds. The number of aliphatic imine (C=N–C) groups is 1. The first-order valence-corrected chi connectivity index (χ1v) is 7.92. The lowest BCUT2D eigenvalue weighted by Crippen LogP contribution is -2.14. The molecule has 0 fully saturated rings. The standard InChI is InChI=1S/C11H11NO2.C8H10O2/c13-6-5-8-7-11(14)9-3-1-2-4-10(9)12-8;9-7-10-6-8-4-2-1-3-5-8/h1-4,13H,5-7H2;1-4,7-8H,5-6H2. The van der Waals surface area contributed by atoms with Crippen molar-refractivity contribution in [2.45, 2.75) is 19.3 Å². The van der Waals surface area contributed by atoms with Gasteiger partial charge in [-0.1, -0.05) is 36.4 Å². The Morgan fingerprint density at radius 3 is 2.83 bits per heavy atom. The van der Waals surface area contributed by atoms with Crippen molar-refractivity contribution in [1.29, 1.82) is 0 Å². The molecule has 0 saturated carbocycles. The highest BCUT2D eigenvalue weighted by atomic mass is 16.5. The number of aliphatic hydroxyl groups excluding tert-OH is 1. The van der Waals surface area contributed by atoms with Crippen molar-refractivity contribution >= 4 is 23.7 Å². The molecule has 1 aliphatic carbocycles. The van der Waals surface area contributed by atoms with Crippen molar-refractivity contribution in [3.63, 3.8) is 0 Å². The maximum Gasteiger partial charge on any atom is 0.293 e. The van der Waals surface area contributed by atoms with Crippen LogP contribution in [0.3, 0.4) is 0 Å². The van der Waals surface area contributed by atoms with E-state index in [2.05, 4.69) is 15.8 Å². The van der Waals surface area contributed by atoms with Crippen LogP contribution >= 0.6 is 0 Å². The van der Waals surface area contributed by atoms with Crippen molar-refractivity contribution in [3.05, 3.63) is 54.1 Å². The van der Waals surface area contributed by atoms with Crippen LogP contribution < -0.4 is 0 Å². The highest BCUT2D eigenvalue weighted by Gasteiger charge is 2.18. The minimum Gasteiger partial charge on any atom is -0.467 e. The van der Waals surface area contributed by atoms with Gasteiger partial charge in [-0.05, 0) is 18.6 Å². The highest BCUT2D eigenvalue weighted by molar-refractivity contribution is 6.15. The van der Waals surface area contributed by atoms with Gasteiger partial charge < -0.3 is 9.84 Å². The van der Waals surface area contributed by atoms with E-state index in [0.29, 0.717) is 37.4 Å². The van der Waals surface area contributed by atoms with Crippen LogP contribution in [-0.2, 0) is 9.53 Å². The van der Waals surface area contributed by atoms with E-state index in [-0.39, 0.29) is 12.4 Å². The van der Waals surface area contributed by atoms with Crippen LogP contribution in [-0.4, -0.2) is 36.3 Å². The number of carbonyl (C=O) groups excluding carboxylic acids is 2. The molecular formula is C19H21NO4. The third-order valence-electron chi connectivity index (χ3n) is 3.70. The Kier molecular flexibility index (Phi) is 7.11. The summed E-state index contributed by atoms with van der Waals surface area (Å²) in [6.45, 7) is 1.05. The Hall–Kier alpha value is -2.53. The van der Waals surface area contributed by atoms with E-state index in [0.717, 1.165) is 17.8 Å². The van der Waals surface area contributed by atoms with Crippen molar-refractivity contribution in [2.75, 3.05) is 13.2 Å². The van der Waals surface area contributed by atoms with Crippen molar-refractivity contribution in [2.24, 2.45) is 10.9 Å². The summed E-state index contributed by atoms with van der Waals surface area (Å²) in [6, 6.07) is 7.31. The van der Waals surface area contributed by atoms with E-state index in [1.807, 2.05) is 36.4 Å². The first-order valence-electron chi connectivity index (χ1n) is 7.92. The van der Waals surface area contributed by atoms with Gasteiger partial charge in [0.15, 0.2) is 5.78 Å². The molecule has 2 aliphatic rings. The summed E-state index contributed by atoms with van der Waals surface area (Å²) < 4.78 is 4.61. The topological polar surface area (TPSA) is 76.0 Å². The van der Waals surface area contributed by atoms with Gasteiger partial charge in [-0.3, -0.25) is 14.6 Å². The first kappa shape index (κ1) is 17.8. The third kappa shape index (κ3) is 5.28. The van der Waals surface area contributed by atoms with E-state index < -0.39 is 0 Å². The fourth-order valence-electron chi connectivity index (χ4n) is 2.49. The molecule has 5 nitrogen and oxygen atoms in total. The number of Topliss-reactive ketones (excluding diaryl/α,β-unsaturated/α-hetero) is 1. The molecular weight excluding hydrogens is 306 g/mol. The molecule has 1 N–H and O–H groups in total. The number of nitrogens with zero attached hydrogens (tertiary/aromatic N) is 1. The number of ether oxygens (including phenoxy) is 1. The molecule has 1 atom stereocenters. The number of hydrogen-bond acceptors (Lipinski definition) is 5. The second-order valence-electron chi connectivity index (χ2n) is 5.51. The number of benzene rings is 1. The van der Waals surface area contributed by atoms with Crippen LogP contribution in [0.25, 0.3) is 0 Å². The average molecular weight is 327 g/mol. The predicted molar refractivity (Wildman–Crippen MR) is 92.6 cm³/mol. The van der Waals surface area contributed by atoms with Gasteiger partial charge in [0.05, 0.1) is 12.3 Å². The number of carbonyl (C=O) groups is 2. The van der Waals surface area contributed by atoms with E-state index in [1.54, 1.807) is 6.07 Å². The minimum atomic E-state index is 0.0499. The molecule has 1 unspecified atom stereocenters. The predicted octanol–water partition coefficient (Wildman–Crippen LogP) is 3.02. The number of fused-ring (bicyclic) bond motifs is 1. The number of aliphatic hydroxyl groups is 1. The molecule has 5 heteroatoms. The smallest absolute Gasteiger partial charge is 0.293 e. The zero-order valence-corrected chi connectivity index (χ0v) is 13.4. The molecule has 0 aromatic heterocycles. The number of ketones is 1. The van der Waals surface area contributed by atoms with Gasteiger partial charge in [0.2, 0.25) is 0 Å². The summed E-state index contributed by atoms with van der Waals surface area (Å²) in [7, 11) is 0. The van der Waals surface area contributed by atoms with E-state index in [1.165, 1.54) is 0 Å². The Morgan fingerprint density at radius 2 is 2.12 bits per heavy atom. The molecule has 24 heavy (non-hydrogen) atoms. The highest BCUT2D eigenvalue weighted by Crippen LogP contribution is 2.25. The number of rotatable bonds is 5. The molecule has 3 rings (SSSR count). The zero-order valence-electron chi connectivity index (χ0n) is 13.4. The van der Waals surface area contributed by atoms with E-state index in [9.17, 15) is 9.59 Å². The van der Waals surface area contributed by atoms with E-state index in [4.69, 9.17) is 5.11 Å². The second-order valence-corrected chi connectivity index (χ2v) is 5.51. The molecule has 1 aliphatic heterocycles. The SMILES string of the molecule is O=C1CC(CCO)=Nc2ccccc21.O=COCC1C=CC=CC1. The molecule has 1 heterocycles. The molecule has 1 aromatic rings. The lowest BCUT2D eigenvalue weighted by Gasteiger charge is -2.13. The van der Waals surface area contributed by atoms with Crippen LogP contribution in [0.1, 0.15) is 29.6 Å². The summed E-state index contributed by atoms with van der Waals surface area (Å²) in [5.74, 6) is 0.481. The third-order valence-corrected chi connectivity index (χ3v) is 3.70. The number of hydrogen-bond donors (Lipinski definition) is 1. The summed E-state index contributed by atoms with van der Waals surface area (Å²) in [5, 5.41) is 8.76. The van der Waals surface area contributed by atoms with Crippen LogP contribution in [0.5, 0.6) is 0 Å². The fraction of sp³-hybridized carbons (Fsp3) is 0.316. The Bertz CT molecular complexity index is 661. The normalized spacial score (nSPS) is 18.1. The summed E-state index contributed by atoms with van der Waals surface area (Å²) in [6.07, 6.45) is 9.89. The van der Waals surface area contributed by atoms with Crippen LogP contribution in [0.2, 0.25) is 0 Å². The second kappa shape index (κ2) is 9.57. The van der Waals surface area contributed by atoms with Gasteiger partial charge in [-0.2, -0.15) is 0 Å². The largest absolute Gasteiger partial charge is 0.467 e. The molecule has 0 spiro atoms. The minimum absolute atomic E-state index is 0.0499. The van der Waals surface area contributed by atoms with Crippen molar-refractivity contribution in [3.8, 4) is 0 Å². The molecule has 0 bridgehead atoms. The summed E-state index contributed by atoms with van der Waals surface area (Å²) >= 11 is 0. The van der Waals surface area contributed by atoms with E-state index >= 15 is 0 Å². The average Bonchev–Trinajstić information content (AvgIpc) is 2.62. The Morgan fingerprint density at radius 1 is 1.29 bits per heavy atom. The van der Waals surface area contributed by atoms with Gasteiger partial charge in [-0.25, -0.2) is 0 Å². The van der Waals surface area contributed by atoms with Gasteiger partial charge in [0, 0.05) is 36.6 Å². The Balaban J connectivity index is 0.000000185. The summed E-state index contributed by atoms with van der Waals surface area (Å²) in [5.41, 5.74) is 2.19. The lowest BCUT2D eigenvalue weighted by molar-refractivity contribution is -0.129. The maximum atomic E-state index is 11.6. The quantitative estimate of drug-likeness (QED) is 0.844.